The fourth-order valence-corrected chi connectivity index (χ4v) is 2.68. The Morgan fingerprint density at radius 3 is 2.52 bits per heavy atom. The summed E-state index contributed by atoms with van der Waals surface area (Å²) in [5.74, 6) is -1.95. The van der Waals surface area contributed by atoms with Crippen LogP contribution in [0.2, 0.25) is 0 Å². The molecule has 6 nitrogen and oxygen atoms in total. The molecule has 1 aromatic rings. The molecule has 1 aliphatic rings. The zero-order valence-corrected chi connectivity index (χ0v) is 13.7. The number of amides is 1. The molecule has 7 heteroatoms. The third-order valence-corrected chi connectivity index (χ3v) is 4.20. The van der Waals surface area contributed by atoms with Gasteiger partial charge in [-0.3, -0.25) is 9.59 Å². The molecule has 1 saturated heterocycles. The van der Waals surface area contributed by atoms with E-state index in [1.54, 1.807) is 12.1 Å². The lowest BCUT2D eigenvalue weighted by molar-refractivity contribution is -0.145. The van der Waals surface area contributed by atoms with Crippen molar-refractivity contribution >= 4 is 11.9 Å². The molecular formula is C18H20FN3O3. The van der Waals surface area contributed by atoms with Crippen molar-refractivity contribution in [3.8, 4) is 6.07 Å². The summed E-state index contributed by atoms with van der Waals surface area (Å²) in [4.78, 5) is 24.8. The topological polar surface area (TPSA) is 93.4 Å². The molecule has 0 aromatic heterocycles. The van der Waals surface area contributed by atoms with Gasteiger partial charge in [0.25, 0.3) is 5.91 Å². The van der Waals surface area contributed by atoms with Gasteiger partial charge in [-0.15, -0.1) is 0 Å². The van der Waals surface area contributed by atoms with Gasteiger partial charge in [0.05, 0.1) is 5.92 Å². The number of nitrogens with one attached hydrogen (secondary N) is 1. The van der Waals surface area contributed by atoms with Crippen LogP contribution in [0.5, 0.6) is 0 Å². The summed E-state index contributed by atoms with van der Waals surface area (Å²) in [6, 6.07) is 8.02. The first-order chi connectivity index (χ1) is 12.0. The Morgan fingerprint density at radius 1 is 1.32 bits per heavy atom. The second-order valence-electron chi connectivity index (χ2n) is 5.91. The highest BCUT2D eigenvalue weighted by Gasteiger charge is 2.28. The first kappa shape index (κ1) is 18.5. The third kappa shape index (κ3) is 5.31. The maximum absolute atomic E-state index is 12.8. The summed E-state index contributed by atoms with van der Waals surface area (Å²) in [7, 11) is 0. The van der Waals surface area contributed by atoms with Crippen molar-refractivity contribution in [2.45, 2.75) is 19.3 Å². The van der Waals surface area contributed by atoms with Gasteiger partial charge < -0.3 is 15.3 Å². The predicted molar refractivity (Wildman–Crippen MR) is 88.7 cm³/mol. The largest absolute Gasteiger partial charge is 0.481 e. The van der Waals surface area contributed by atoms with Crippen LogP contribution in [0.4, 0.5) is 4.39 Å². The van der Waals surface area contributed by atoms with Gasteiger partial charge in [-0.25, -0.2) is 4.39 Å². The fraction of sp³-hybridized carbons (Fsp3) is 0.389. The fourth-order valence-electron chi connectivity index (χ4n) is 2.68. The molecule has 1 aliphatic heterocycles. The molecule has 0 saturated carbocycles. The smallest absolute Gasteiger partial charge is 0.306 e. The first-order valence-electron chi connectivity index (χ1n) is 8.11. The highest BCUT2D eigenvalue weighted by molar-refractivity contribution is 5.97. The van der Waals surface area contributed by atoms with Crippen LogP contribution in [0.3, 0.4) is 0 Å². The van der Waals surface area contributed by atoms with Crippen molar-refractivity contribution in [2.75, 3.05) is 19.6 Å². The SMILES string of the molecule is N#C/C(=C/NCCc1ccc(F)cc1)C(=O)N1CCC(C(=O)O)CC1. The van der Waals surface area contributed by atoms with E-state index >= 15 is 0 Å². The lowest BCUT2D eigenvalue weighted by Gasteiger charge is -2.29. The van der Waals surface area contributed by atoms with Gasteiger partial charge in [-0.2, -0.15) is 5.26 Å². The Kier molecular flexibility index (Phi) is 6.52. The minimum atomic E-state index is -0.842. The van der Waals surface area contributed by atoms with E-state index in [1.807, 2.05) is 6.07 Å². The van der Waals surface area contributed by atoms with Gasteiger partial charge in [-0.1, -0.05) is 12.1 Å². The summed E-state index contributed by atoms with van der Waals surface area (Å²) < 4.78 is 12.8. The lowest BCUT2D eigenvalue weighted by Crippen LogP contribution is -2.41. The molecule has 132 valence electrons. The Labute approximate surface area is 145 Å². The molecule has 1 fully saturated rings. The van der Waals surface area contributed by atoms with Crippen LogP contribution in [0.15, 0.2) is 36.0 Å². The number of halogens is 1. The quantitative estimate of drug-likeness (QED) is 0.465. The van der Waals surface area contributed by atoms with Crippen molar-refractivity contribution in [1.29, 1.82) is 5.26 Å². The summed E-state index contributed by atoms with van der Waals surface area (Å²) in [6.45, 7) is 1.18. The molecule has 1 amide bonds. The van der Waals surface area contributed by atoms with Gasteiger partial charge in [0.15, 0.2) is 0 Å². The minimum Gasteiger partial charge on any atom is -0.481 e. The summed E-state index contributed by atoms with van der Waals surface area (Å²) in [5.41, 5.74) is 0.941. The van der Waals surface area contributed by atoms with Crippen molar-refractivity contribution in [2.24, 2.45) is 5.92 Å². The number of benzene rings is 1. The minimum absolute atomic E-state index is 0.00659. The number of aliphatic carboxylic acids is 1. The Bertz CT molecular complexity index is 687. The van der Waals surface area contributed by atoms with E-state index in [4.69, 9.17) is 5.11 Å². The van der Waals surface area contributed by atoms with Crippen molar-refractivity contribution in [1.82, 2.24) is 10.2 Å². The van der Waals surface area contributed by atoms with Crippen LogP contribution in [0.25, 0.3) is 0 Å². The zero-order valence-electron chi connectivity index (χ0n) is 13.7. The number of piperidine rings is 1. The first-order valence-corrected chi connectivity index (χ1v) is 8.11. The van der Waals surface area contributed by atoms with Gasteiger partial charge >= 0.3 is 5.97 Å². The molecule has 0 radical (unpaired) electrons. The molecule has 0 spiro atoms. The molecular weight excluding hydrogens is 325 g/mol. The number of likely N-dealkylation sites (tertiary alicyclic amines) is 1. The summed E-state index contributed by atoms with van der Waals surface area (Å²) in [5, 5.41) is 21.1. The van der Waals surface area contributed by atoms with Crippen LogP contribution < -0.4 is 5.32 Å². The number of rotatable bonds is 6. The monoisotopic (exact) mass is 345 g/mol. The maximum Gasteiger partial charge on any atom is 0.306 e. The molecule has 0 atom stereocenters. The van der Waals surface area contributed by atoms with Crippen LogP contribution >= 0.6 is 0 Å². The molecule has 0 aliphatic carbocycles. The van der Waals surface area contributed by atoms with Crippen molar-refractivity contribution < 1.29 is 19.1 Å². The number of carbonyl (C=O) groups excluding carboxylic acids is 1. The Morgan fingerprint density at radius 2 is 1.96 bits per heavy atom. The number of carbonyl (C=O) groups is 2. The number of hydrogen-bond acceptors (Lipinski definition) is 4. The highest BCUT2D eigenvalue weighted by atomic mass is 19.1. The normalized spacial score (nSPS) is 15.5. The Balaban J connectivity index is 1.83. The van der Waals surface area contributed by atoms with Gasteiger partial charge in [-0.05, 0) is 37.0 Å². The van der Waals surface area contributed by atoms with E-state index in [0.717, 1.165) is 5.56 Å². The van der Waals surface area contributed by atoms with Gasteiger partial charge in [0.1, 0.15) is 17.5 Å². The molecule has 1 heterocycles. The highest BCUT2D eigenvalue weighted by Crippen LogP contribution is 2.18. The molecule has 2 rings (SSSR count). The van der Waals surface area contributed by atoms with Crippen LogP contribution in [0, 0.1) is 23.1 Å². The summed E-state index contributed by atoms with van der Waals surface area (Å²) >= 11 is 0. The third-order valence-electron chi connectivity index (χ3n) is 4.20. The van der Waals surface area contributed by atoms with Crippen LogP contribution in [0.1, 0.15) is 18.4 Å². The van der Waals surface area contributed by atoms with E-state index in [9.17, 15) is 19.2 Å². The molecule has 25 heavy (non-hydrogen) atoms. The van der Waals surface area contributed by atoms with Gasteiger partial charge in [0, 0.05) is 25.8 Å². The van der Waals surface area contributed by atoms with E-state index in [0.29, 0.717) is 38.9 Å². The number of hydrogen-bond donors (Lipinski definition) is 2. The molecule has 0 bridgehead atoms. The van der Waals surface area contributed by atoms with Crippen molar-refractivity contribution in [3.63, 3.8) is 0 Å². The summed E-state index contributed by atoms with van der Waals surface area (Å²) in [6.07, 6.45) is 2.82. The standard InChI is InChI=1S/C18H20FN3O3/c19-16-3-1-13(2-4-16)5-8-21-12-15(11-20)17(23)22-9-6-14(7-10-22)18(24)25/h1-4,12,14,21H,5-10H2,(H,24,25)/b15-12-. The average Bonchev–Trinajstić information content (AvgIpc) is 2.63. The number of carboxylic acid groups (broad SMARTS) is 1. The van der Waals surface area contributed by atoms with E-state index in [2.05, 4.69) is 5.32 Å². The molecule has 2 N–H and O–H groups in total. The second-order valence-corrected chi connectivity index (χ2v) is 5.91. The number of nitrogens with zero attached hydrogens (tertiary/aromatic N) is 2. The second kappa shape index (κ2) is 8.83. The van der Waals surface area contributed by atoms with Gasteiger partial charge in [0.2, 0.25) is 0 Å². The number of nitriles is 1. The predicted octanol–water partition coefficient (Wildman–Crippen LogP) is 1.69. The lowest BCUT2D eigenvalue weighted by atomic mass is 9.97. The zero-order chi connectivity index (χ0) is 18.2. The van der Waals surface area contributed by atoms with Crippen LogP contribution in [-0.4, -0.2) is 41.5 Å². The maximum atomic E-state index is 12.8. The Hall–Kier alpha value is -2.88. The average molecular weight is 345 g/mol. The molecule has 1 aromatic carbocycles. The molecule has 0 unspecified atom stereocenters. The van der Waals surface area contributed by atoms with E-state index in [-0.39, 0.29) is 17.3 Å². The van der Waals surface area contributed by atoms with Crippen molar-refractivity contribution in [3.05, 3.63) is 47.4 Å². The van der Waals surface area contributed by atoms with Crippen LogP contribution in [-0.2, 0) is 16.0 Å². The van der Waals surface area contributed by atoms with E-state index < -0.39 is 11.9 Å². The number of carboxylic acids is 1. The van der Waals surface area contributed by atoms with E-state index in [1.165, 1.54) is 23.2 Å².